The highest BCUT2D eigenvalue weighted by atomic mass is 16.5. The number of hydrogen-bond acceptors (Lipinski definition) is 9. The van der Waals surface area contributed by atoms with Gasteiger partial charge in [0.05, 0.1) is 30.0 Å². The fourth-order valence-electron chi connectivity index (χ4n) is 4.36. The molecule has 0 radical (unpaired) electrons. The second-order valence-corrected chi connectivity index (χ2v) is 9.81. The van der Waals surface area contributed by atoms with Gasteiger partial charge in [-0.2, -0.15) is 4.98 Å². The number of benzene rings is 3. The third kappa shape index (κ3) is 7.07. The number of carbonyl (C=O) groups is 3. The van der Waals surface area contributed by atoms with Gasteiger partial charge in [0, 0.05) is 23.1 Å². The number of aromatic nitrogens is 2. The molecular formula is C31H31N7O4. The van der Waals surface area contributed by atoms with Crippen LogP contribution in [-0.2, 0) is 4.79 Å². The van der Waals surface area contributed by atoms with E-state index in [2.05, 4.69) is 42.6 Å². The number of anilines is 5. The lowest BCUT2D eigenvalue weighted by Gasteiger charge is -2.12. The van der Waals surface area contributed by atoms with E-state index in [1.807, 2.05) is 56.3 Å². The van der Waals surface area contributed by atoms with E-state index in [4.69, 9.17) is 4.74 Å². The Morgan fingerprint density at radius 3 is 2.55 bits per heavy atom. The Balaban J connectivity index is 1.03. The van der Waals surface area contributed by atoms with Crippen LogP contribution in [0.3, 0.4) is 0 Å². The van der Waals surface area contributed by atoms with Gasteiger partial charge >= 0.3 is 0 Å². The maximum atomic E-state index is 12.3. The molecule has 42 heavy (non-hydrogen) atoms. The van der Waals surface area contributed by atoms with E-state index in [-0.39, 0.29) is 23.6 Å². The predicted octanol–water partition coefficient (Wildman–Crippen LogP) is 4.46. The largest absolute Gasteiger partial charge is 0.494 e. The molecule has 0 unspecified atom stereocenters. The Labute approximate surface area is 243 Å². The van der Waals surface area contributed by atoms with Crippen molar-refractivity contribution in [1.29, 1.82) is 0 Å². The number of ether oxygens (including phenoxy) is 1. The Hall–Kier alpha value is -5.29. The summed E-state index contributed by atoms with van der Waals surface area (Å²) in [5.41, 5.74) is 4.66. The van der Waals surface area contributed by atoms with Crippen molar-refractivity contribution >= 4 is 46.5 Å². The third-order valence-corrected chi connectivity index (χ3v) is 6.45. The number of carbonyl (C=O) groups excluding carboxylic acids is 3. The van der Waals surface area contributed by atoms with Crippen LogP contribution in [-0.4, -0.2) is 47.4 Å². The third-order valence-electron chi connectivity index (χ3n) is 6.45. The Bertz CT molecular complexity index is 1620. The number of nitrogens with zero attached hydrogens (tertiary/aromatic N) is 2. The fourth-order valence-corrected chi connectivity index (χ4v) is 4.36. The summed E-state index contributed by atoms with van der Waals surface area (Å²) in [5, 5.41) is 14.5. The van der Waals surface area contributed by atoms with E-state index in [0.29, 0.717) is 31.2 Å². The molecule has 1 aliphatic rings. The number of nitrogens with one attached hydrogen (secondary N) is 5. The summed E-state index contributed by atoms with van der Waals surface area (Å²) in [6.45, 7) is 5.08. The molecule has 0 aliphatic carbocycles. The molecule has 0 spiro atoms. The molecular weight excluding hydrogens is 534 g/mol. The zero-order valence-electron chi connectivity index (χ0n) is 23.3. The number of aryl methyl sites for hydroxylation is 2. The van der Waals surface area contributed by atoms with Gasteiger partial charge in [-0.15, -0.1) is 0 Å². The summed E-state index contributed by atoms with van der Waals surface area (Å²) in [7, 11) is 0. The van der Waals surface area contributed by atoms with Crippen molar-refractivity contribution in [2.24, 2.45) is 0 Å². The van der Waals surface area contributed by atoms with E-state index in [0.717, 1.165) is 34.1 Å². The zero-order valence-corrected chi connectivity index (χ0v) is 23.3. The molecule has 1 aliphatic heterocycles. The summed E-state index contributed by atoms with van der Waals surface area (Å²) in [6, 6.07) is 20.4. The minimum absolute atomic E-state index is 0.0584. The summed E-state index contributed by atoms with van der Waals surface area (Å²) in [6.07, 6.45) is 2.45. The van der Waals surface area contributed by atoms with Crippen LogP contribution in [0.5, 0.6) is 5.75 Å². The summed E-state index contributed by atoms with van der Waals surface area (Å²) in [4.78, 5) is 45.1. The van der Waals surface area contributed by atoms with Crippen molar-refractivity contribution in [3.05, 3.63) is 95.2 Å². The van der Waals surface area contributed by atoms with E-state index in [9.17, 15) is 14.4 Å². The molecule has 0 fully saturated rings. The van der Waals surface area contributed by atoms with Gasteiger partial charge in [0.25, 0.3) is 11.8 Å². The normalized spacial score (nSPS) is 12.0. The average molecular weight is 566 g/mol. The Morgan fingerprint density at radius 1 is 0.929 bits per heavy atom. The molecule has 3 amide bonds. The van der Waals surface area contributed by atoms with Crippen LogP contribution >= 0.6 is 0 Å². The van der Waals surface area contributed by atoms with Gasteiger partial charge in [0.15, 0.2) is 0 Å². The number of imide groups is 1. The monoisotopic (exact) mass is 565 g/mol. The fraction of sp³-hybridized carbons (Fsp3) is 0.194. The first-order valence-corrected chi connectivity index (χ1v) is 13.5. The second kappa shape index (κ2) is 12.9. The molecule has 0 saturated heterocycles. The molecule has 0 bridgehead atoms. The van der Waals surface area contributed by atoms with Gasteiger partial charge < -0.3 is 26.0 Å². The van der Waals surface area contributed by atoms with Crippen molar-refractivity contribution in [1.82, 2.24) is 20.6 Å². The first-order valence-electron chi connectivity index (χ1n) is 13.5. The second-order valence-electron chi connectivity index (χ2n) is 9.81. The number of fused-ring (bicyclic) bond motifs is 1. The minimum Gasteiger partial charge on any atom is -0.494 e. The van der Waals surface area contributed by atoms with Crippen LogP contribution in [0.1, 0.15) is 38.3 Å². The number of hydrogen-bond donors (Lipinski definition) is 5. The average Bonchev–Trinajstić information content (AvgIpc) is 3.27. The maximum absolute atomic E-state index is 12.3. The van der Waals surface area contributed by atoms with Crippen LogP contribution in [0.2, 0.25) is 0 Å². The Kier molecular flexibility index (Phi) is 8.69. The SMILES string of the molecule is Cc1cccc(Nc2nc(Nc3ccc(OCCCNCC(=O)Nc4cccc5c4C(=O)NC5=O)cc3)ncc2C)c1. The molecule has 11 nitrogen and oxygen atoms in total. The molecule has 0 atom stereocenters. The molecule has 5 N–H and O–H groups in total. The summed E-state index contributed by atoms with van der Waals surface area (Å²) < 4.78 is 5.81. The van der Waals surface area contributed by atoms with Crippen molar-refractivity contribution in [3.8, 4) is 5.75 Å². The van der Waals surface area contributed by atoms with Gasteiger partial charge in [-0.3, -0.25) is 19.7 Å². The Morgan fingerprint density at radius 2 is 1.74 bits per heavy atom. The van der Waals surface area contributed by atoms with Crippen LogP contribution in [0.15, 0.2) is 72.9 Å². The van der Waals surface area contributed by atoms with Crippen molar-refractivity contribution in [2.75, 3.05) is 35.6 Å². The molecule has 214 valence electrons. The standard InChI is InChI=1S/C31H31N7O4/c1-19-6-3-7-22(16-19)34-28-20(2)17-33-31(37-28)35-21-10-12-23(13-11-21)42-15-5-14-32-18-26(39)36-25-9-4-8-24-27(25)30(41)38-29(24)40/h3-4,6-13,16-17,32H,5,14-15,18H2,1-2H3,(H,36,39)(H,38,40,41)(H2,33,34,35,37). The highest BCUT2D eigenvalue weighted by molar-refractivity contribution is 6.24. The zero-order chi connectivity index (χ0) is 29.5. The highest BCUT2D eigenvalue weighted by Crippen LogP contribution is 2.25. The molecule has 11 heteroatoms. The van der Waals surface area contributed by atoms with Gasteiger partial charge in [0.2, 0.25) is 11.9 Å². The number of amides is 3. The van der Waals surface area contributed by atoms with Crippen LogP contribution in [0, 0.1) is 13.8 Å². The molecule has 1 aromatic heterocycles. The van der Waals surface area contributed by atoms with E-state index < -0.39 is 11.8 Å². The lowest BCUT2D eigenvalue weighted by atomic mass is 10.1. The summed E-state index contributed by atoms with van der Waals surface area (Å²) >= 11 is 0. The molecule has 0 saturated carbocycles. The van der Waals surface area contributed by atoms with Crippen molar-refractivity contribution < 1.29 is 19.1 Å². The minimum atomic E-state index is -0.511. The molecule has 5 rings (SSSR count). The lowest BCUT2D eigenvalue weighted by Crippen LogP contribution is -2.30. The topological polar surface area (TPSA) is 146 Å². The van der Waals surface area contributed by atoms with Gasteiger partial charge in [-0.25, -0.2) is 4.98 Å². The van der Waals surface area contributed by atoms with Crippen LogP contribution in [0.4, 0.5) is 28.8 Å². The van der Waals surface area contributed by atoms with Gasteiger partial charge in [0.1, 0.15) is 11.6 Å². The van der Waals surface area contributed by atoms with E-state index >= 15 is 0 Å². The van der Waals surface area contributed by atoms with Crippen molar-refractivity contribution in [2.45, 2.75) is 20.3 Å². The van der Waals surface area contributed by atoms with Crippen LogP contribution < -0.4 is 31.3 Å². The smallest absolute Gasteiger partial charge is 0.261 e. The van der Waals surface area contributed by atoms with Crippen LogP contribution in [0.25, 0.3) is 0 Å². The molecule has 4 aromatic rings. The first-order chi connectivity index (χ1) is 20.4. The van der Waals surface area contributed by atoms with Gasteiger partial charge in [-0.1, -0.05) is 18.2 Å². The predicted molar refractivity (Wildman–Crippen MR) is 161 cm³/mol. The molecule has 2 heterocycles. The quantitative estimate of drug-likeness (QED) is 0.124. The maximum Gasteiger partial charge on any atom is 0.261 e. The highest BCUT2D eigenvalue weighted by Gasteiger charge is 2.29. The lowest BCUT2D eigenvalue weighted by molar-refractivity contribution is -0.115. The van der Waals surface area contributed by atoms with E-state index in [1.165, 1.54) is 0 Å². The van der Waals surface area contributed by atoms with Gasteiger partial charge in [-0.05, 0) is 80.9 Å². The van der Waals surface area contributed by atoms with E-state index in [1.54, 1.807) is 24.4 Å². The molecule has 3 aromatic carbocycles. The first kappa shape index (κ1) is 28.2. The summed E-state index contributed by atoms with van der Waals surface area (Å²) in [5.74, 6) is 0.648. The number of rotatable bonds is 12. The van der Waals surface area contributed by atoms with Crippen molar-refractivity contribution in [3.63, 3.8) is 0 Å².